The Bertz CT molecular complexity index is 382. The number of rotatable bonds is 4. The maximum Gasteiger partial charge on any atom is 0.243 e. The van der Waals surface area contributed by atoms with Crippen LogP contribution in [0.1, 0.15) is 44.1 Å². The van der Waals surface area contributed by atoms with Crippen LogP contribution in [0.4, 0.5) is 0 Å². The predicted molar refractivity (Wildman–Crippen MR) is 73.4 cm³/mol. The Morgan fingerprint density at radius 1 is 1.56 bits per heavy atom. The van der Waals surface area contributed by atoms with Gasteiger partial charge in [0, 0.05) is 18.1 Å². The molecule has 2 heterocycles. The molecule has 18 heavy (non-hydrogen) atoms. The third-order valence-corrected chi connectivity index (χ3v) is 4.22. The Kier molecular flexibility index (Phi) is 4.64. The Hall–Kier alpha value is -0.590. The van der Waals surface area contributed by atoms with Gasteiger partial charge in [0.25, 0.3) is 0 Å². The molecule has 1 aliphatic heterocycles. The van der Waals surface area contributed by atoms with Gasteiger partial charge in [0.05, 0.1) is 12.1 Å². The van der Waals surface area contributed by atoms with Crippen molar-refractivity contribution in [2.24, 2.45) is 11.7 Å². The normalized spacial score (nSPS) is 23.5. The van der Waals surface area contributed by atoms with E-state index in [-0.39, 0.29) is 12.1 Å². The van der Waals surface area contributed by atoms with Gasteiger partial charge in [0.2, 0.25) is 5.89 Å². The lowest BCUT2D eigenvalue weighted by Crippen LogP contribution is -2.33. The Morgan fingerprint density at radius 3 is 3.00 bits per heavy atom. The van der Waals surface area contributed by atoms with Crippen LogP contribution in [-0.2, 0) is 0 Å². The van der Waals surface area contributed by atoms with Gasteiger partial charge in [-0.1, -0.05) is 19.0 Å². The second kappa shape index (κ2) is 6.04. The molecule has 1 aromatic heterocycles. The highest BCUT2D eigenvalue weighted by Crippen LogP contribution is 2.27. The summed E-state index contributed by atoms with van der Waals surface area (Å²) in [7, 11) is 2.11. The van der Waals surface area contributed by atoms with Crippen LogP contribution in [0.3, 0.4) is 0 Å². The zero-order valence-corrected chi connectivity index (χ0v) is 12.1. The van der Waals surface area contributed by atoms with Gasteiger partial charge in [-0.3, -0.25) is 4.90 Å². The first-order valence-corrected chi connectivity index (χ1v) is 7.60. The van der Waals surface area contributed by atoms with Crippen molar-refractivity contribution in [1.29, 1.82) is 0 Å². The van der Waals surface area contributed by atoms with Crippen molar-refractivity contribution < 1.29 is 4.52 Å². The first-order chi connectivity index (χ1) is 8.58. The Labute approximate surface area is 112 Å². The van der Waals surface area contributed by atoms with E-state index < -0.39 is 0 Å². The average molecular weight is 270 g/mol. The molecule has 1 unspecified atom stereocenters. The standard InChI is InChI=1S/C12H22N4OS/c1-8(2)6-9(13)12-14-11(15-17-12)10-7-18-5-4-16(10)3/h8-10H,4-7,13H2,1-3H3/t9-,10?/m0/s1. The molecule has 0 amide bonds. The summed E-state index contributed by atoms with van der Waals surface area (Å²) >= 11 is 1.94. The number of aromatic nitrogens is 2. The Morgan fingerprint density at radius 2 is 2.33 bits per heavy atom. The molecule has 0 aromatic carbocycles. The number of thioether (sulfide) groups is 1. The van der Waals surface area contributed by atoms with E-state index in [2.05, 4.69) is 35.9 Å². The summed E-state index contributed by atoms with van der Waals surface area (Å²) in [6.45, 7) is 5.35. The van der Waals surface area contributed by atoms with Crippen LogP contribution in [-0.4, -0.2) is 40.1 Å². The molecule has 1 saturated heterocycles. The minimum Gasteiger partial charge on any atom is -0.338 e. The molecule has 2 N–H and O–H groups in total. The van der Waals surface area contributed by atoms with E-state index in [0.717, 1.165) is 24.5 Å². The van der Waals surface area contributed by atoms with E-state index in [4.69, 9.17) is 10.3 Å². The molecule has 6 heteroatoms. The van der Waals surface area contributed by atoms with Gasteiger partial charge in [-0.25, -0.2) is 0 Å². The molecule has 0 radical (unpaired) electrons. The quantitative estimate of drug-likeness (QED) is 0.900. The molecule has 1 aromatic rings. The van der Waals surface area contributed by atoms with Gasteiger partial charge in [-0.15, -0.1) is 0 Å². The first kappa shape index (κ1) is 13.8. The smallest absolute Gasteiger partial charge is 0.243 e. The summed E-state index contributed by atoms with van der Waals surface area (Å²) in [5.74, 6) is 4.07. The lowest BCUT2D eigenvalue weighted by atomic mass is 10.0. The van der Waals surface area contributed by atoms with Gasteiger partial charge >= 0.3 is 0 Å². The lowest BCUT2D eigenvalue weighted by molar-refractivity contribution is 0.255. The molecule has 0 saturated carbocycles. The molecule has 5 nitrogen and oxygen atoms in total. The molecular formula is C12H22N4OS. The second-order valence-electron chi connectivity index (χ2n) is 5.30. The van der Waals surface area contributed by atoms with Crippen LogP contribution < -0.4 is 5.73 Å². The van der Waals surface area contributed by atoms with Gasteiger partial charge in [-0.05, 0) is 19.4 Å². The maximum absolute atomic E-state index is 6.06. The van der Waals surface area contributed by atoms with E-state index >= 15 is 0 Å². The van der Waals surface area contributed by atoms with Crippen molar-refractivity contribution in [1.82, 2.24) is 15.0 Å². The minimum absolute atomic E-state index is 0.146. The van der Waals surface area contributed by atoms with Crippen LogP contribution in [0.2, 0.25) is 0 Å². The predicted octanol–water partition coefficient (Wildman–Crippen LogP) is 1.84. The van der Waals surface area contributed by atoms with Gasteiger partial charge < -0.3 is 10.3 Å². The highest BCUT2D eigenvalue weighted by atomic mass is 32.2. The summed E-state index contributed by atoms with van der Waals surface area (Å²) in [6, 6.07) is 0.111. The summed E-state index contributed by atoms with van der Waals surface area (Å²) in [4.78, 5) is 6.76. The van der Waals surface area contributed by atoms with Gasteiger partial charge in [-0.2, -0.15) is 16.7 Å². The van der Waals surface area contributed by atoms with Crippen molar-refractivity contribution in [3.8, 4) is 0 Å². The number of hydrogen-bond donors (Lipinski definition) is 1. The molecule has 2 atom stereocenters. The molecule has 2 rings (SSSR count). The zero-order chi connectivity index (χ0) is 13.1. The van der Waals surface area contributed by atoms with Crippen LogP contribution in [0.15, 0.2) is 4.52 Å². The fourth-order valence-electron chi connectivity index (χ4n) is 2.10. The van der Waals surface area contributed by atoms with Crippen molar-refractivity contribution in [2.45, 2.75) is 32.4 Å². The third-order valence-electron chi connectivity index (χ3n) is 3.19. The van der Waals surface area contributed by atoms with Crippen molar-refractivity contribution >= 4 is 11.8 Å². The third kappa shape index (κ3) is 3.24. The number of hydrogen-bond acceptors (Lipinski definition) is 6. The number of nitrogens with two attached hydrogens (primary N) is 1. The largest absolute Gasteiger partial charge is 0.338 e. The molecule has 1 fully saturated rings. The second-order valence-corrected chi connectivity index (χ2v) is 6.45. The van der Waals surface area contributed by atoms with E-state index in [1.54, 1.807) is 0 Å². The fraction of sp³-hybridized carbons (Fsp3) is 0.833. The Balaban J connectivity index is 2.05. The molecular weight excluding hydrogens is 248 g/mol. The van der Waals surface area contributed by atoms with E-state index in [9.17, 15) is 0 Å². The van der Waals surface area contributed by atoms with E-state index in [1.807, 2.05) is 11.8 Å². The molecule has 102 valence electrons. The SMILES string of the molecule is CC(C)C[C@H](N)c1nc(C2CSCCN2C)no1. The summed E-state index contributed by atoms with van der Waals surface area (Å²) in [5, 5.41) is 4.10. The van der Waals surface area contributed by atoms with Crippen molar-refractivity contribution in [3.05, 3.63) is 11.7 Å². The van der Waals surface area contributed by atoms with Crippen LogP contribution in [0, 0.1) is 5.92 Å². The maximum atomic E-state index is 6.06. The highest BCUT2D eigenvalue weighted by Gasteiger charge is 2.27. The molecule has 0 aliphatic carbocycles. The van der Waals surface area contributed by atoms with E-state index in [1.165, 1.54) is 5.75 Å². The van der Waals surface area contributed by atoms with Gasteiger partial charge in [0.15, 0.2) is 5.82 Å². The minimum atomic E-state index is -0.146. The van der Waals surface area contributed by atoms with Crippen LogP contribution in [0.5, 0.6) is 0 Å². The fourth-order valence-corrected chi connectivity index (χ4v) is 3.31. The summed E-state index contributed by atoms with van der Waals surface area (Å²) in [5.41, 5.74) is 6.06. The number of nitrogens with zero attached hydrogens (tertiary/aromatic N) is 3. The summed E-state index contributed by atoms with van der Waals surface area (Å²) < 4.78 is 5.31. The monoisotopic (exact) mass is 270 g/mol. The average Bonchev–Trinajstić information content (AvgIpc) is 2.78. The van der Waals surface area contributed by atoms with E-state index in [0.29, 0.717) is 11.8 Å². The lowest BCUT2D eigenvalue weighted by Gasteiger charge is -2.29. The van der Waals surface area contributed by atoms with Crippen LogP contribution >= 0.6 is 11.8 Å². The van der Waals surface area contributed by atoms with Crippen LogP contribution in [0.25, 0.3) is 0 Å². The summed E-state index contributed by atoms with van der Waals surface area (Å²) in [6.07, 6.45) is 0.872. The molecule has 0 bridgehead atoms. The molecule has 1 aliphatic rings. The van der Waals surface area contributed by atoms with Crippen molar-refractivity contribution in [2.75, 3.05) is 25.1 Å². The molecule has 0 spiro atoms. The van der Waals surface area contributed by atoms with Crippen molar-refractivity contribution in [3.63, 3.8) is 0 Å². The zero-order valence-electron chi connectivity index (χ0n) is 11.3. The topological polar surface area (TPSA) is 68.2 Å². The highest BCUT2D eigenvalue weighted by molar-refractivity contribution is 7.99. The van der Waals surface area contributed by atoms with Gasteiger partial charge in [0.1, 0.15) is 0 Å². The first-order valence-electron chi connectivity index (χ1n) is 6.45.